The van der Waals surface area contributed by atoms with Crippen LogP contribution in [0.2, 0.25) is 0 Å². The number of aromatic nitrogens is 2. The zero-order valence-electron chi connectivity index (χ0n) is 9.09. The van der Waals surface area contributed by atoms with Crippen molar-refractivity contribution >= 4 is 5.57 Å². The molecule has 0 unspecified atom stereocenters. The molecule has 0 N–H and O–H groups in total. The van der Waals surface area contributed by atoms with Crippen LogP contribution in [0.4, 0.5) is 0 Å². The van der Waals surface area contributed by atoms with Crippen LogP contribution in [0, 0.1) is 11.3 Å². The van der Waals surface area contributed by atoms with Crippen molar-refractivity contribution < 1.29 is 0 Å². The van der Waals surface area contributed by atoms with Gasteiger partial charge in [0, 0.05) is 18.2 Å². The summed E-state index contributed by atoms with van der Waals surface area (Å²) >= 11 is 0. The van der Waals surface area contributed by atoms with E-state index >= 15 is 0 Å². The maximum Gasteiger partial charge on any atom is 0.115 e. The van der Waals surface area contributed by atoms with E-state index < -0.39 is 0 Å². The van der Waals surface area contributed by atoms with Gasteiger partial charge in [-0.15, -0.1) is 0 Å². The Labute approximate surface area is 99.1 Å². The Morgan fingerprint density at radius 2 is 2.06 bits per heavy atom. The van der Waals surface area contributed by atoms with Gasteiger partial charge >= 0.3 is 0 Å². The van der Waals surface area contributed by atoms with Crippen molar-refractivity contribution in [3.05, 3.63) is 65.2 Å². The largest absolute Gasteiger partial charge is 0.244 e. The Balaban J connectivity index is 2.17. The molecule has 0 spiro atoms. The lowest BCUT2D eigenvalue weighted by atomic mass is 9.98. The highest BCUT2D eigenvalue weighted by Gasteiger charge is 2.18. The molecule has 0 radical (unpaired) electrons. The minimum absolute atomic E-state index is 0.690. The number of benzene rings is 1. The molecule has 0 saturated carbocycles. The van der Waals surface area contributed by atoms with Crippen LogP contribution < -0.4 is 0 Å². The molecule has 1 aromatic heterocycles. The molecule has 3 heteroatoms. The molecule has 0 bridgehead atoms. The van der Waals surface area contributed by atoms with Gasteiger partial charge in [0.1, 0.15) is 6.33 Å². The summed E-state index contributed by atoms with van der Waals surface area (Å²) in [6.45, 7) is 0. The standard InChI is InChI=1S/C14H9N3/c15-7-10-3-1-2-4-11(10)12-5-6-14-13(12)8-16-9-17-14/h1-5,8-9H,6H2. The Morgan fingerprint density at radius 1 is 1.18 bits per heavy atom. The van der Waals surface area contributed by atoms with Crippen LogP contribution in [0.25, 0.3) is 5.57 Å². The third kappa shape index (κ3) is 1.51. The second-order valence-corrected chi connectivity index (χ2v) is 3.86. The van der Waals surface area contributed by atoms with E-state index in [9.17, 15) is 0 Å². The van der Waals surface area contributed by atoms with E-state index in [0.717, 1.165) is 28.8 Å². The van der Waals surface area contributed by atoms with Crippen molar-refractivity contribution in [3.63, 3.8) is 0 Å². The Morgan fingerprint density at radius 3 is 2.94 bits per heavy atom. The summed E-state index contributed by atoms with van der Waals surface area (Å²) in [5.41, 5.74) is 4.79. The number of allylic oxidation sites excluding steroid dienone is 1. The third-order valence-corrected chi connectivity index (χ3v) is 2.92. The van der Waals surface area contributed by atoms with Crippen molar-refractivity contribution in [2.75, 3.05) is 0 Å². The first kappa shape index (κ1) is 9.73. The zero-order chi connectivity index (χ0) is 11.7. The monoisotopic (exact) mass is 219 g/mol. The van der Waals surface area contributed by atoms with Crippen LogP contribution in [0.1, 0.15) is 22.4 Å². The van der Waals surface area contributed by atoms with Crippen LogP contribution >= 0.6 is 0 Å². The predicted molar refractivity (Wildman–Crippen MR) is 64.0 cm³/mol. The van der Waals surface area contributed by atoms with Gasteiger partial charge in [0.05, 0.1) is 17.3 Å². The van der Waals surface area contributed by atoms with Crippen LogP contribution in [0.3, 0.4) is 0 Å². The van der Waals surface area contributed by atoms with Gasteiger partial charge in [-0.05, 0) is 17.2 Å². The van der Waals surface area contributed by atoms with Crippen LogP contribution in [-0.2, 0) is 6.42 Å². The van der Waals surface area contributed by atoms with Crippen molar-refractivity contribution in [2.45, 2.75) is 6.42 Å². The van der Waals surface area contributed by atoms with E-state index in [1.165, 1.54) is 0 Å². The zero-order valence-corrected chi connectivity index (χ0v) is 9.09. The minimum atomic E-state index is 0.690. The van der Waals surface area contributed by atoms with E-state index in [1.807, 2.05) is 30.5 Å². The molecule has 1 aliphatic carbocycles. The number of nitriles is 1. The van der Waals surface area contributed by atoms with E-state index in [-0.39, 0.29) is 0 Å². The van der Waals surface area contributed by atoms with Gasteiger partial charge in [-0.25, -0.2) is 9.97 Å². The highest BCUT2D eigenvalue weighted by Crippen LogP contribution is 2.32. The minimum Gasteiger partial charge on any atom is -0.244 e. The number of nitrogens with zero attached hydrogens (tertiary/aromatic N) is 3. The summed E-state index contributed by atoms with van der Waals surface area (Å²) in [5.74, 6) is 0. The van der Waals surface area contributed by atoms with E-state index in [4.69, 9.17) is 5.26 Å². The lowest BCUT2D eigenvalue weighted by molar-refractivity contribution is 1.06. The molecule has 2 aromatic rings. The molecular weight excluding hydrogens is 210 g/mol. The normalized spacial score (nSPS) is 12.8. The Hall–Kier alpha value is -2.47. The smallest absolute Gasteiger partial charge is 0.115 e. The van der Waals surface area contributed by atoms with Crippen LogP contribution in [0.5, 0.6) is 0 Å². The average Bonchev–Trinajstić information content (AvgIpc) is 2.82. The quantitative estimate of drug-likeness (QED) is 0.739. The van der Waals surface area contributed by atoms with Gasteiger partial charge in [0.15, 0.2) is 0 Å². The van der Waals surface area contributed by atoms with Crippen molar-refractivity contribution in [1.29, 1.82) is 5.26 Å². The molecule has 17 heavy (non-hydrogen) atoms. The van der Waals surface area contributed by atoms with Gasteiger partial charge in [-0.2, -0.15) is 5.26 Å². The lowest BCUT2D eigenvalue weighted by Gasteiger charge is -2.06. The Bertz CT molecular complexity index is 651. The first-order valence-corrected chi connectivity index (χ1v) is 5.39. The van der Waals surface area contributed by atoms with Gasteiger partial charge < -0.3 is 0 Å². The van der Waals surface area contributed by atoms with Gasteiger partial charge in [0.2, 0.25) is 0 Å². The molecule has 0 aliphatic heterocycles. The molecule has 0 saturated heterocycles. The molecule has 3 rings (SSSR count). The van der Waals surface area contributed by atoms with Crippen LogP contribution in [-0.4, -0.2) is 9.97 Å². The van der Waals surface area contributed by atoms with Gasteiger partial charge in [-0.3, -0.25) is 0 Å². The number of fused-ring (bicyclic) bond motifs is 1. The highest BCUT2D eigenvalue weighted by atomic mass is 14.8. The first-order valence-electron chi connectivity index (χ1n) is 5.39. The fraction of sp³-hybridized carbons (Fsp3) is 0.0714. The maximum absolute atomic E-state index is 9.12. The van der Waals surface area contributed by atoms with E-state index in [1.54, 1.807) is 6.33 Å². The molecule has 80 valence electrons. The molecule has 0 atom stereocenters. The van der Waals surface area contributed by atoms with Crippen molar-refractivity contribution in [2.24, 2.45) is 0 Å². The number of rotatable bonds is 1. The highest BCUT2D eigenvalue weighted by molar-refractivity contribution is 5.85. The molecule has 3 nitrogen and oxygen atoms in total. The third-order valence-electron chi connectivity index (χ3n) is 2.92. The summed E-state index contributed by atoms with van der Waals surface area (Å²) in [4.78, 5) is 8.30. The fourth-order valence-electron chi connectivity index (χ4n) is 2.12. The fourth-order valence-corrected chi connectivity index (χ4v) is 2.12. The predicted octanol–water partition coefficient (Wildman–Crippen LogP) is 2.34. The average molecular weight is 219 g/mol. The van der Waals surface area contributed by atoms with Gasteiger partial charge in [-0.1, -0.05) is 24.3 Å². The molecule has 1 aromatic carbocycles. The second-order valence-electron chi connectivity index (χ2n) is 3.86. The summed E-state index contributed by atoms with van der Waals surface area (Å²) in [7, 11) is 0. The molecule has 0 amide bonds. The van der Waals surface area contributed by atoms with Crippen molar-refractivity contribution in [3.8, 4) is 6.07 Å². The molecule has 1 aliphatic rings. The summed E-state index contributed by atoms with van der Waals surface area (Å²) in [6.07, 6.45) is 6.30. The second kappa shape index (κ2) is 3.84. The molecule has 0 fully saturated rings. The SMILES string of the molecule is N#Cc1ccccc1C1=CCc2ncncc21. The van der Waals surface area contributed by atoms with Gasteiger partial charge in [0.25, 0.3) is 0 Å². The maximum atomic E-state index is 9.12. The number of hydrogen-bond donors (Lipinski definition) is 0. The van der Waals surface area contributed by atoms with E-state index in [0.29, 0.717) is 5.56 Å². The Kier molecular flexibility index (Phi) is 2.20. The first-order chi connectivity index (χ1) is 8.40. The van der Waals surface area contributed by atoms with E-state index in [2.05, 4.69) is 22.1 Å². The summed E-state index contributed by atoms with van der Waals surface area (Å²) in [6, 6.07) is 9.84. The van der Waals surface area contributed by atoms with Crippen molar-refractivity contribution in [1.82, 2.24) is 9.97 Å². The topological polar surface area (TPSA) is 49.6 Å². The molecular formula is C14H9N3. The summed E-state index contributed by atoms with van der Waals surface area (Å²) in [5, 5.41) is 9.12. The molecule has 1 heterocycles. The lowest BCUT2D eigenvalue weighted by Crippen LogP contribution is -1.93. The van der Waals surface area contributed by atoms with Crippen LogP contribution in [0.15, 0.2) is 42.9 Å². The number of hydrogen-bond acceptors (Lipinski definition) is 3. The summed E-state index contributed by atoms with van der Waals surface area (Å²) < 4.78 is 0.